The van der Waals surface area contributed by atoms with Crippen molar-refractivity contribution in [2.75, 3.05) is 6.61 Å². The number of benzene rings is 1. The van der Waals surface area contributed by atoms with Gasteiger partial charge in [-0.15, -0.1) is 0 Å². The molecule has 0 saturated carbocycles. The van der Waals surface area contributed by atoms with Crippen LogP contribution in [0, 0.1) is 0 Å². The average molecular weight is 204 g/mol. The van der Waals surface area contributed by atoms with Crippen molar-refractivity contribution in [3.8, 4) is 0 Å². The number of rotatable bonds is 5. The van der Waals surface area contributed by atoms with E-state index in [2.05, 4.69) is 6.92 Å². The number of allylic oxidation sites excluding steroid dienone is 1. The lowest BCUT2D eigenvalue weighted by Crippen LogP contribution is -1.90. The molecular weight excluding hydrogens is 188 g/mol. The SMILES string of the molecule is CCO/C=C/C(C)c1ccc(C=O)cc1. The van der Waals surface area contributed by atoms with Gasteiger partial charge in [0, 0.05) is 11.5 Å². The molecule has 1 rings (SSSR count). The molecule has 0 aliphatic carbocycles. The van der Waals surface area contributed by atoms with Crippen LogP contribution in [0.3, 0.4) is 0 Å². The van der Waals surface area contributed by atoms with Gasteiger partial charge in [0.1, 0.15) is 6.29 Å². The monoisotopic (exact) mass is 204 g/mol. The third-order valence-electron chi connectivity index (χ3n) is 2.23. The van der Waals surface area contributed by atoms with E-state index in [1.807, 2.05) is 37.3 Å². The molecule has 1 aromatic rings. The summed E-state index contributed by atoms with van der Waals surface area (Å²) in [6.45, 7) is 4.73. The van der Waals surface area contributed by atoms with Crippen LogP contribution in [-0.4, -0.2) is 12.9 Å². The van der Waals surface area contributed by atoms with Crippen molar-refractivity contribution in [1.82, 2.24) is 0 Å². The van der Waals surface area contributed by atoms with Crippen molar-refractivity contribution in [2.45, 2.75) is 19.8 Å². The van der Waals surface area contributed by atoms with Crippen LogP contribution in [0.25, 0.3) is 0 Å². The van der Waals surface area contributed by atoms with Crippen molar-refractivity contribution < 1.29 is 9.53 Å². The van der Waals surface area contributed by atoms with Crippen molar-refractivity contribution in [2.24, 2.45) is 0 Å². The van der Waals surface area contributed by atoms with Crippen molar-refractivity contribution >= 4 is 6.29 Å². The van der Waals surface area contributed by atoms with Gasteiger partial charge in [-0.25, -0.2) is 0 Å². The Morgan fingerprint density at radius 2 is 2.00 bits per heavy atom. The molecule has 1 atom stereocenters. The third-order valence-corrected chi connectivity index (χ3v) is 2.23. The lowest BCUT2D eigenvalue weighted by atomic mass is 10.0. The summed E-state index contributed by atoms with van der Waals surface area (Å²) in [5, 5.41) is 0. The molecule has 2 nitrogen and oxygen atoms in total. The summed E-state index contributed by atoms with van der Waals surface area (Å²) in [5.74, 6) is 0.303. The first-order chi connectivity index (χ1) is 7.27. The minimum Gasteiger partial charge on any atom is -0.502 e. The van der Waals surface area contributed by atoms with E-state index < -0.39 is 0 Å². The molecule has 0 bridgehead atoms. The van der Waals surface area contributed by atoms with E-state index >= 15 is 0 Å². The second-order valence-corrected chi connectivity index (χ2v) is 3.36. The van der Waals surface area contributed by atoms with Crippen LogP contribution in [0.4, 0.5) is 0 Å². The number of aldehydes is 1. The van der Waals surface area contributed by atoms with E-state index in [1.54, 1.807) is 6.26 Å². The molecule has 15 heavy (non-hydrogen) atoms. The lowest BCUT2D eigenvalue weighted by molar-refractivity contribution is 0.112. The molecule has 1 aromatic carbocycles. The highest BCUT2D eigenvalue weighted by Crippen LogP contribution is 2.16. The highest BCUT2D eigenvalue weighted by atomic mass is 16.5. The van der Waals surface area contributed by atoms with E-state index in [0.717, 1.165) is 6.29 Å². The first kappa shape index (κ1) is 11.5. The second kappa shape index (κ2) is 6.02. The topological polar surface area (TPSA) is 26.3 Å². The van der Waals surface area contributed by atoms with Gasteiger partial charge in [-0.3, -0.25) is 4.79 Å². The van der Waals surface area contributed by atoms with Crippen LogP contribution in [0.1, 0.15) is 35.7 Å². The van der Waals surface area contributed by atoms with Crippen LogP contribution in [0.5, 0.6) is 0 Å². The minimum absolute atomic E-state index is 0.303. The number of ether oxygens (including phenoxy) is 1. The van der Waals surface area contributed by atoms with Crippen LogP contribution >= 0.6 is 0 Å². The molecule has 0 radical (unpaired) electrons. The van der Waals surface area contributed by atoms with Gasteiger partial charge in [-0.2, -0.15) is 0 Å². The van der Waals surface area contributed by atoms with Crippen molar-refractivity contribution in [3.63, 3.8) is 0 Å². The molecule has 0 saturated heterocycles. The first-order valence-electron chi connectivity index (χ1n) is 5.11. The standard InChI is InChI=1S/C13H16O2/c1-3-15-9-8-11(2)13-6-4-12(10-14)5-7-13/h4-11H,3H2,1-2H3/b9-8+. The van der Waals surface area contributed by atoms with Crippen LogP contribution < -0.4 is 0 Å². The molecule has 0 heterocycles. The van der Waals surface area contributed by atoms with E-state index in [4.69, 9.17) is 4.74 Å². The Morgan fingerprint density at radius 1 is 1.33 bits per heavy atom. The number of hydrogen-bond acceptors (Lipinski definition) is 2. The fourth-order valence-electron chi connectivity index (χ4n) is 1.26. The largest absolute Gasteiger partial charge is 0.502 e. The maximum absolute atomic E-state index is 10.5. The summed E-state index contributed by atoms with van der Waals surface area (Å²) in [6.07, 6.45) is 4.57. The van der Waals surface area contributed by atoms with E-state index in [0.29, 0.717) is 18.1 Å². The fraction of sp³-hybridized carbons (Fsp3) is 0.308. The molecule has 80 valence electrons. The van der Waals surface area contributed by atoms with Crippen LogP contribution in [-0.2, 0) is 4.74 Å². The van der Waals surface area contributed by atoms with Gasteiger partial charge in [0.05, 0.1) is 12.9 Å². The van der Waals surface area contributed by atoms with Gasteiger partial charge in [-0.05, 0) is 18.6 Å². The summed E-state index contributed by atoms with van der Waals surface area (Å²) < 4.78 is 5.13. The summed E-state index contributed by atoms with van der Waals surface area (Å²) in [5.41, 5.74) is 1.89. The molecule has 0 aromatic heterocycles. The number of carbonyl (C=O) groups is 1. The first-order valence-corrected chi connectivity index (χ1v) is 5.11. The molecule has 0 fully saturated rings. The predicted molar refractivity (Wildman–Crippen MR) is 61.0 cm³/mol. The Labute approximate surface area is 90.6 Å². The zero-order valence-corrected chi connectivity index (χ0v) is 9.14. The molecular formula is C13H16O2. The Balaban J connectivity index is 2.65. The van der Waals surface area contributed by atoms with Gasteiger partial charge in [0.15, 0.2) is 0 Å². The lowest BCUT2D eigenvalue weighted by Gasteiger charge is -2.06. The van der Waals surface area contributed by atoms with E-state index in [9.17, 15) is 4.79 Å². The number of carbonyl (C=O) groups excluding carboxylic acids is 1. The van der Waals surface area contributed by atoms with E-state index in [1.165, 1.54) is 5.56 Å². The van der Waals surface area contributed by atoms with Gasteiger partial charge < -0.3 is 4.74 Å². The Morgan fingerprint density at radius 3 is 2.53 bits per heavy atom. The smallest absolute Gasteiger partial charge is 0.150 e. The molecule has 0 N–H and O–H groups in total. The fourth-order valence-corrected chi connectivity index (χ4v) is 1.26. The quantitative estimate of drug-likeness (QED) is 0.544. The predicted octanol–water partition coefficient (Wildman–Crippen LogP) is 3.15. The summed E-state index contributed by atoms with van der Waals surface area (Å²) in [6, 6.07) is 7.58. The van der Waals surface area contributed by atoms with Crippen molar-refractivity contribution in [3.05, 3.63) is 47.7 Å². The average Bonchev–Trinajstić information content (AvgIpc) is 2.29. The second-order valence-electron chi connectivity index (χ2n) is 3.36. The Kier molecular flexibility index (Phi) is 4.61. The molecule has 2 heteroatoms. The molecule has 1 unspecified atom stereocenters. The minimum atomic E-state index is 0.303. The summed E-state index contributed by atoms with van der Waals surface area (Å²) in [4.78, 5) is 10.5. The molecule has 0 spiro atoms. The molecule has 0 aliphatic rings. The molecule has 0 aliphatic heterocycles. The van der Waals surface area contributed by atoms with Gasteiger partial charge >= 0.3 is 0 Å². The van der Waals surface area contributed by atoms with E-state index in [-0.39, 0.29) is 0 Å². The zero-order chi connectivity index (χ0) is 11.1. The highest BCUT2D eigenvalue weighted by Gasteiger charge is 2.00. The highest BCUT2D eigenvalue weighted by molar-refractivity contribution is 5.74. The Hall–Kier alpha value is -1.57. The molecule has 0 amide bonds. The van der Waals surface area contributed by atoms with Crippen molar-refractivity contribution in [1.29, 1.82) is 0 Å². The maximum Gasteiger partial charge on any atom is 0.150 e. The third kappa shape index (κ3) is 3.58. The van der Waals surface area contributed by atoms with Crippen LogP contribution in [0.2, 0.25) is 0 Å². The normalized spacial score (nSPS) is 12.7. The number of hydrogen-bond donors (Lipinski definition) is 0. The summed E-state index contributed by atoms with van der Waals surface area (Å²) in [7, 11) is 0. The summed E-state index contributed by atoms with van der Waals surface area (Å²) >= 11 is 0. The van der Waals surface area contributed by atoms with Gasteiger partial charge in [-0.1, -0.05) is 31.2 Å². The zero-order valence-electron chi connectivity index (χ0n) is 9.14. The maximum atomic E-state index is 10.5. The van der Waals surface area contributed by atoms with Crippen LogP contribution in [0.15, 0.2) is 36.6 Å². The van der Waals surface area contributed by atoms with Gasteiger partial charge in [0.2, 0.25) is 0 Å². The Bertz CT molecular complexity index is 325. The van der Waals surface area contributed by atoms with Gasteiger partial charge in [0.25, 0.3) is 0 Å².